The van der Waals surface area contributed by atoms with Gasteiger partial charge in [0.05, 0.1) is 0 Å². The lowest BCUT2D eigenvalue weighted by atomic mass is 10.1. The molecule has 8 heteroatoms. The first-order chi connectivity index (χ1) is 14.3. The summed E-state index contributed by atoms with van der Waals surface area (Å²) in [5, 5.41) is 3.50. The number of aromatic nitrogens is 4. The van der Waals surface area contributed by atoms with E-state index >= 15 is 0 Å². The third-order valence-corrected chi connectivity index (χ3v) is 6.77. The molecule has 1 N–H and O–H groups in total. The summed E-state index contributed by atoms with van der Waals surface area (Å²) in [6.07, 6.45) is 2.91. The molecule has 4 heterocycles. The fourth-order valence-electron chi connectivity index (χ4n) is 4.86. The zero-order valence-corrected chi connectivity index (χ0v) is 19.0. The van der Waals surface area contributed by atoms with Crippen molar-refractivity contribution in [2.75, 3.05) is 24.5 Å². The quantitative estimate of drug-likeness (QED) is 0.745. The molecule has 4 rings (SSSR count). The number of hydrogen-bond donors (Lipinski definition) is 1. The zero-order valence-electron chi connectivity index (χ0n) is 19.0. The van der Waals surface area contributed by atoms with E-state index in [4.69, 9.17) is 4.98 Å². The first-order valence-electron chi connectivity index (χ1n) is 11.5. The Morgan fingerprint density at radius 1 is 1.03 bits per heavy atom. The van der Waals surface area contributed by atoms with E-state index in [9.17, 15) is 9.59 Å². The monoisotopic (exact) mass is 416 g/mol. The van der Waals surface area contributed by atoms with E-state index in [0.29, 0.717) is 41.5 Å². The van der Waals surface area contributed by atoms with E-state index in [1.165, 1.54) is 4.57 Å². The van der Waals surface area contributed by atoms with Crippen LogP contribution in [0.2, 0.25) is 0 Å². The third-order valence-electron chi connectivity index (χ3n) is 6.77. The van der Waals surface area contributed by atoms with E-state index in [0.717, 1.165) is 51.4 Å². The van der Waals surface area contributed by atoms with Crippen molar-refractivity contribution in [3.05, 3.63) is 20.8 Å². The Balaban J connectivity index is 1.88. The second kappa shape index (κ2) is 8.21. The summed E-state index contributed by atoms with van der Waals surface area (Å²) in [6, 6.07) is 0.416. The van der Waals surface area contributed by atoms with Crippen molar-refractivity contribution in [2.45, 2.75) is 66.1 Å². The van der Waals surface area contributed by atoms with Crippen LogP contribution in [0.1, 0.15) is 47.0 Å². The van der Waals surface area contributed by atoms with Crippen LogP contribution in [0, 0.1) is 17.8 Å². The lowest BCUT2D eigenvalue weighted by Crippen LogP contribution is -2.40. The van der Waals surface area contributed by atoms with E-state index in [-0.39, 0.29) is 11.2 Å². The Labute approximate surface area is 177 Å². The minimum atomic E-state index is -0.268. The molecule has 2 saturated heterocycles. The van der Waals surface area contributed by atoms with Gasteiger partial charge in [0.2, 0.25) is 5.95 Å². The van der Waals surface area contributed by atoms with E-state index < -0.39 is 0 Å². The molecule has 2 fully saturated rings. The van der Waals surface area contributed by atoms with Crippen molar-refractivity contribution < 1.29 is 0 Å². The Bertz CT molecular complexity index is 1030. The predicted molar refractivity (Wildman–Crippen MR) is 120 cm³/mol. The molecule has 2 aromatic heterocycles. The highest BCUT2D eigenvalue weighted by Crippen LogP contribution is 2.33. The second-order valence-corrected chi connectivity index (χ2v) is 9.87. The first-order valence-corrected chi connectivity index (χ1v) is 11.5. The lowest BCUT2D eigenvalue weighted by molar-refractivity contribution is 0.485. The predicted octanol–water partition coefficient (Wildman–Crippen LogP) is 1.79. The molecule has 0 radical (unpaired) electrons. The van der Waals surface area contributed by atoms with Gasteiger partial charge in [-0.3, -0.25) is 13.9 Å². The van der Waals surface area contributed by atoms with E-state index in [2.05, 4.69) is 42.5 Å². The summed E-state index contributed by atoms with van der Waals surface area (Å²) in [4.78, 5) is 33.7. The van der Waals surface area contributed by atoms with Gasteiger partial charge < -0.3 is 14.8 Å². The van der Waals surface area contributed by atoms with Crippen molar-refractivity contribution in [3.8, 4) is 0 Å². The number of fused-ring (bicyclic) bond motifs is 2. The van der Waals surface area contributed by atoms with Crippen molar-refractivity contribution in [2.24, 2.45) is 24.8 Å². The van der Waals surface area contributed by atoms with Gasteiger partial charge in [-0.2, -0.15) is 4.98 Å². The average Bonchev–Trinajstić information content (AvgIpc) is 3.38. The van der Waals surface area contributed by atoms with Crippen molar-refractivity contribution >= 4 is 17.1 Å². The van der Waals surface area contributed by atoms with Gasteiger partial charge in [-0.1, -0.05) is 27.7 Å². The second-order valence-electron chi connectivity index (χ2n) is 9.87. The fraction of sp³-hybridized carbons (Fsp3) is 0.773. The summed E-state index contributed by atoms with van der Waals surface area (Å²) >= 11 is 0. The van der Waals surface area contributed by atoms with Crippen LogP contribution in [-0.2, 0) is 20.1 Å². The molecular weight excluding hydrogens is 380 g/mol. The number of rotatable bonds is 7. The maximum atomic E-state index is 13.5. The molecule has 8 nitrogen and oxygen atoms in total. The van der Waals surface area contributed by atoms with Gasteiger partial charge in [0.1, 0.15) is 0 Å². The van der Waals surface area contributed by atoms with Crippen LogP contribution in [0.4, 0.5) is 5.95 Å². The van der Waals surface area contributed by atoms with Crippen LogP contribution in [0.25, 0.3) is 11.2 Å². The maximum absolute atomic E-state index is 13.5. The van der Waals surface area contributed by atoms with Crippen LogP contribution in [0.3, 0.4) is 0 Å². The summed E-state index contributed by atoms with van der Waals surface area (Å²) < 4.78 is 5.07. The largest absolute Gasteiger partial charge is 0.338 e. The Morgan fingerprint density at radius 3 is 2.37 bits per heavy atom. The minimum Gasteiger partial charge on any atom is -0.338 e. The average molecular weight is 417 g/mol. The molecule has 0 bridgehead atoms. The van der Waals surface area contributed by atoms with Crippen LogP contribution in [-0.4, -0.2) is 44.4 Å². The highest BCUT2D eigenvalue weighted by molar-refractivity contribution is 5.74. The standard InChI is InChI=1S/C22H36N6O2/c1-14(2)6-9-27-18-19(24-21(27)26-11-8-16-12-23-13-17(16)26)25(5)22(30)28(20(18)29)10-7-15(3)4/h14-17,23H,6-13H2,1-5H3. The van der Waals surface area contributed by atoms with Gasteiger partial charge in [-0.25, -0.2) is 4.79 Å². The molecule has 0 saturated carbocycles. The SMILES string of the molecule is CC(C)CCn1c(=O)c2c(nc(N3CCC4CNCC43)n2CCC(C)C)n(C)c1=O. The number of nitrogens with one attached hydrogen (secondary N) is 1. The Kier molecular flexibility index (Phi) is 5.79. The zero-order chi connectivity index (χ0) is 21.6. The van der Waals surface area contributed by atoms with Crippen LogP contribution in [0.15, 0.2) is 9.59 Å². The van der Waals surface area contributed by atoms with Gasteiger partial charge in [0.25, 0.3) is 5.56 Å². The third kappa shape index (κ3) is 3.59. The van der Waals surface area contributed by atoms with Crippen molar-refractivity contribution in [1.29, 1.82) is 0 Å². The summed E-state index contributed by atoms with van der Waals surface area (Å²) in [5.74, 6) is 2.44. The molecule has 0 aliphatic carbocycles. The number of nitrogens with zero attached hydrogens (tertiary/aromatic N) is 5. The molecule has 0 aromatic carbocycles. The van der Waals surface area contributed by atoms with Crippen LogP contribution in [0.5, 0.6) is 0 Å². The van der Waals surface area contributed by atoms with Gasteiger partial charge in [0.15, 0.2) is 11.2 Å². The van der Waals surface area contributed by atoms with E-state index in [1.54, 1.807) is 11.6 Å². The molecule has 166 valence electrons. The van der Waals surface area contributed by atoms with Crippen molar-refractivity contribution in [1.82, 2.24) is 24.0 Å². The van der Waals surface area contributed by atoms with Gasteiger partial charge in [-0.05, 0) is 37.0 Å². The molecule has 2 atom stereocenters. The molecule has 2 aliphatic rings. The maximum Gasteiger partial charge on any atom is 0.332 e. The fourth-order valence-corrected chi connectivity index (χ4v) is 4.86. The molecule has 2 aromatic rings. The summed E-state index contributed by atoms with van der Waals surface area (Å²) in [5.41, 5.74) is 0.622. The number of imidazole rings is 1. The van der Waals surface area contributed by atoms with Gasteiger partial charge in [-0.15, -0.1) is 0 Å². The van der Waals surface area contributed by atoms with Gasteiger partial charge >= 0.3 is 5.69 Å². The van der Waals surface area contributed by atoms with Crippen molar-refractivity contribution in [3.63, 3.8) is 0 Å². The number of hydrogen-bond acceptors (Lipinski definition) is 5. The Hall–Kier alpha value is -2.09. The van der Waals surface area contributed by atoms with Crippen LogP contribution < -0.4 is 21.5 Å². The topological polar surface area (TPSA) is 77.1 Å². The molecule has 2 unspecified atom stereocenters. The Morgan fingerprint density at radius 2 is 1.70 bits per heavy atom. The highest BCUT2D eigenvalue weighted by atomic mass is 16.2. The molecule has 2 aliphatic heterocycles. The molecular formula is C22H36N6O2. The molecule has 30 heavy (non-hydrogen) atoms. The number of anilines is 1. The van der Waals surface area contributed by atoms with E-state index in [1.807, 2.05) is 0 Å². The smallest absolute Gasteiger partial charge is 0.332 e. The van der Waals surface area contributed by atoms with Crippen LogP contribution >= 0.6 is 0 Å². The molecule has 0 spiro atoms. The highest BCUT2D eigenvalue weighted by Gasteiger charge is 2.40. The normalized spacial score (nSPS) is 21.5. The first kappa shape index (κ1) is 21.2. The minimum absolute atomic E-state index is 0.198. The molecule has 0 amide bonds. The summed E-state index contributed by atoms with van der Waals surface area (Å²) in [7, 11) is 1.74. The number of aryl methyl sites for hydroxylation is 2. The summed E-state index contributed by atoms with van der Waals surface area (Å²) in [6.45, 7) is 12.8. The van der Waals surface area contributed by atoms with Gasteiger partial charge in [0, 0.05) is 45.8 Å². The lowest BCUT2D eigenvalue weighted by Gasteiger charge is -2.25.